The zero-order chi connectivity index (χ0) is 19.5. The minimum atomic E-state index is -3.66. The lowest BCUT2D eigenvalue weighted by atomic mass is 10.1. The van der Waals surface area contributed by atoms with Crippen LogP contribution in [-0.2, 0) is 19.6 Å². The number of carbonyl (C=O) groups excluding carboxylic acids is 1. The number of carbonyl (C=O) groups is 2. The molecule has 2 rings (SSSR count). The molecular weight excluding hydrogens is 360 g/mol. The van der Waals surface area contributed by atoms with E-state index < -0.39 is 22.0 Å². The Bertz CT molecular complexity index is 784. The van der Waals surface area contributed by atoms with Crippen molar-refractivity contribution in [2.24, 2.45) is 0 Å². The van der Waals surface area contributed by atoms with E-state index in [4.69, 9.17) is 5.11 Å². The molecule has 1 N–H and O–H groups in total. The Morgan fingerprint density at radius 2 is 1.92 bits per heavy atom. The van der Waals surface area contributed by atoms with Crippen LogP contribution in [-0.4, -0.2) is 74.5 Å². The van der Waals surface area contributed by atoms with E-state index in [0.717, 1.165) is 0 Å². The molecule has 0 amide bonds. The fourth-order valence-electron chi connectivity index (χ4n) is 3.15. The maximum atomic E-state index is 12.8. The van der Waals surface area contributed by atoms with Crippen molar-refractivity contribution in [2.45, 2.75) is 30.7 Å². The maximum absolute atomic E-state index is 12.8. The van der Waals surface area contributed by atoms with E-state index in [0.29, 0.717) is 37.1 Å². The number of carboxylic acids is 1. The average Bonchev–Trinajstić information content (AvgIpc) is 2.60. The van der Waals surface area contributed by atoms with Gasteiger partial charge in [-0.2, -0.15) is 4.31 Å². The number of aliphatic carboxylic acids is 1. The van der Waals surface area contributed by atoms with Gasteiger partial charge >= 0.3 is 11.9 Å². The molecule has 1 fully saturated rings. The fraction of sp³-hybridized carbons (Fsp3) is 0.529. The van der Waals surface area contributed by atoms with Gasteiger partial charge in [0.05, 0.1) is 24.1 Å². The Balaban J connectivity index is 2.11. The van der Waals surface area contributed by atoms with Crippen molar-refractivity contribution < 1.29 is 27.9 Å². The lowest BCUT2D eigenvalue weighted by molar-refractivity contribution is -0.138. The molecule has 0 unspecified atom stereocenters. The number of nitrogens with zero attached hydrogens (tertiary/aromatic N) is 2. The van der Waals surface area contributed by atoms with Gasteiger partial charge in [0.15, 0.2) is 0 Å². The second-order valence-electron chi connectivity index (χ2n) is 6.41. The van der Waals surface area contributed by atoms with Crippen LogP contribution in [0.3, 0.4) is 0 Å². The number of benzene rings is 1. The highest BCUT2D eigenvalue weighted by Gasteiger charge is 2.31. The first-order valence-electron chi connectivity index (χ1n) is 8.28. The molecule has 0 aliphatic carbocycles. The third-order valence-electron chi connectivity index (χ3n) is 4.67. The van der Waals surface area contributed by atoms with Crippen molar-refractivity contribution in [1.29, 1.82) is 0 Å². The first kappa shape index (κ1) is 20.3. The van der Waals surface area contributed by atoms with Gasteiger partial charge in [-0.3, -0.25) is 9.69 Å². The van der Waals surface area contributed by atoms with Crippen molar-refractivity contribution in [2.75, 3.05) is 33.8 Å². The molecule has 0 atom stereocenters. The van der Waals surface area contributed by atoms with Crippen molar-refractivity contribution in [1.82, 2.24) is 9.21 Å². The van der Waals surface area contributed by atoms with Crippen LogP contribution in [0, 0.1) is 6.92 Å². The summed E-state index contributed by atoms with van der Waals surface area (Å²) in [6, 6.07) is 4.39. The number of esters is 1. The number of rotatable bonds is 6. The summed E-state index contributed by atoms with van der Waals surface area (Å²) in [5.41, 5.74) is 0.870. The second-order valence-corrected chi connectivity index (χ2v) is 8.35. The van der Waals surface area contributed by atoms with Crippen molar-refractivity contribution >= 4 is 22.0 Å². The Hall–Kier alpha value is -1.97. The Kier molecular flexibility index (Phi) is 6.38. The van der Waals surface area contributed by atoms with Crippen LogP contribution in [0.4, 0.5) is 0 Å². The molecule has 0 spiro atoms. The highest BCUT2D eigenvalue weighted by Crippen LogP contribution is 2.24. The van der Waals surface area contributed by atoms with Gasteiger partial charge in [0.2, 0.25) is 10.0 Å². The summed E-state index contributed by atoms with van der Waals surface area (Å²) in [4.78, 5) is 24.3. The van der Waals surface area contributed by atoms with Gasteiger partial charge in [-0.15, -0.1) is 0 Å². The van der Waals surface area contributed by atoms with Gasteiger partial charge < -0.3 is 9.84 Å². The molecular formula is C17H24N2O6S. The molecule has 9 heteroatoms. The van der Waals surface area contributed by atoms with E-state index >= 15 is 0 Å². The first-order chi connectivity index (χ1) is 12.2. The number of likely N-dealkylation sites (N-methyl/N-ethyl adjacent to an activating group) is 1. The lowest BCUT2D eigenvalue weighted by Gasteiger charge is -2.35. The van der Waals surface area contributed by atoms with E-state index in [1.54, 1.807) is 18.9 Å². The number of methoxy groups -OCH3 is 1. The van der Waals surface area contributed by atoms with E-state index in [9.17, 15) is 18.0 Å². The minimum absolute atomic E-state index is 0.0426. The number of aryl methyl sites for hydroxylation is 1. The van der Waals surface area contributed by atoms with Crippen LogP contribution in [0.15, 0.2) is 23.1 Å². The molecule has 0 aromatic heterocycles. The Morgan fingerprint density at radius 3 is 2.42 bits per heavy atom. The fourth-order valence-corrected chi connectivity index (χ4v) is 4.71. The second kappa shape index (κ2) is 8.15. The molecule has 1 aromatic carbocycles. The van der Waals surface area contributed by atoms with E-state index in [1.807, 2.05) is 0 Å². The Morgan fingerprint density at radius 1 is 1.31 bits per heavy atom. The van der Waals surface area contributed by atoms with Crippen molar-refractivity contribution in [3.05, 3.63) is 29.3 Å². The molecule has 0 radical (unpaired) electrons. The third-order valence-corrected chi connectivity index (χ3v) is 6.57. The zero-order valence-corrected chi connectivity index (χ0v) is 16.0. The lowest BCUT2D eigenvalue weighted by Crippen LogP contribution is -2.46. The van der Waals surface area contributed by atoms with Gasteiger partial charge in [0, 0.05) is 19.1 Å². The van der Waals surface area contributed by atoms with Crippen molar-refractivity contribution in [3.8, 4) is 0 Å². The van der Waals surface area contributed by atoms with Gasteiger partial charge in [-0.25, -0.2) is 13.2 Å². The maximum Gasteiger partial charge on any atom is 0.338 e. The van der Waals surface area contributed by atoms with Crippen LogP contribution in [0.5, 0.6) is 0 Å². The largest absolute Gasteiger partial charge is 0.480 e. The summed E-state index contributed by atoms with van der Waals surface area (Å²) in [5.74, 6) is -1.41. The summed E-state index contributed by atoms with van der Waals surface area (Å²) in [6.45, 7) is 2.26. The normalized spacial score (nSPS) is 16.6. The Labute approximate surface area is 153 Å². The molecule has 8 nitrogen and oxygen atoms in total. The van der Waals surface area contributed by atoms with Gasteiger partial charge in [0.25, 0.3) is 0 Å². The van der Waals surface area contributed by atoms with Crippen LogP contribution in [0.2, 0.25) is 0 Å². The minimum Gasteiger partial charge on any atom is -0.480 e. The predicted octanol–water partition coefficient (Wildman–Crippen LogP) is 0.951. The van der Waals surface area contributed by atoms with E-state index in [1.165, 1.54) is 29.6 Å². The van der Waals surface area contributed by atoms with E-state index in [2.05, 4.69) is 4.74 Å². The predicted molar refractivity (Wildman–Crippen MR) is 94.6 cm³/mol. The standard InChI is InChI=1S/C17H24N2O6S/c1-12-10-14(4-5-15(12)17(22)25-3)26(23,24)19-8-6-13(7-9-19)18(2)11-16(20)21/h4-5,10,13H,6-9,11H2,1-3H3,(H,20,21). The smallest absolute Gasteiger partial charge is 0.338 e. The number of ether oxygens (including phenoxy) is 1. The van der Waals surface area contributed by atoms with Crippen LogP contribution in [0.1, 0.15) is 28.8 Å². The third kappa shape index (κ3) is 4.40. The molecule has 0 bridgehead atoms. The molecule has 1 aromatic rings. The summed E-state index contributed by atoms with van der Waals surface area (Å²) in [5, 5.41) is 8.87. The molecule has 26 heavy (non-hydrogen) atoms. The van der Waals surface area contributed by atoms with E-state index in [-0.39, 0.29) is 17.5 Å². The number of hydrogen-bond donors (Lipinski definition) is 1. The molecule has 1 aliphatic heterocycles. The summed E-state index contributed by atoms with van der Waals surface area (Å²) in [6.07, 6.45) is 1.14. The summed E-state index contributed by atoms with van der Waals surface area (Å²) >= 11 is 0. The topological polar surface area (TPSA) is 104 Å². The van der Waals surface area contributed by atoms with Crippen LogP contribution >= 0.6 is 0 Å². The number of carboxylic acid groups (broad SMARTS) is 1. The zero-order valence-electron chi connectivity index (χ0n) is 15.1. The molecule has 144 valence electrons. The number of sulfonamides is 1. The van der Waals surface area contributed by atoms with Crippen LogP contribution < -0.4 is 0 Å². The summed E-state index contributed by atoms with van der Waals surface area (Å²) in [7, 11) is -0.650. The average molecular weight is 384 g/mol. The summed E-state index contributed by atoms with van der Waals surface area (Å²) < 4.78 is 31.8. The van der Waals surface area contributed by atoms with Gasteiger partial charge in [-0.1, -0.05) is 0 Å². The van der Waals surface area contributed by atoms with Crippen molar-refractivity contribution in [3.63, 3.8) is 0 Å². The van der Waals surface area contributed by atoms with Crippen LogP contribution in [0.25, 0.3) is 0 Å². The number of hydrogen-bond acceptors (Lipinski definition) is 6. The quantitative estimate of drug-likeness (QED) is 0.728. The highest BCUT2D eigenvalue weighted by atomic mass is 32.2. The SMILES string of the molecule is COC(=O)c1ccc(S(=O)(=O)N2CCC(N(C)CC(=O)O)CC2)cc1C. The van der Waals surface area contributed by atoms with Gasteiger partial charge in [0.1, 0.15) is 0 Å². The molecule has 0 saturated carbocycles. The van der Waals surface area contributed by atoms with Gasteiger partial charge in [-0.05, 0) is 50.6 Å². The first-order valence-corrected chi connectivity index (χ1v) is 9.72. The highest BCUT2D eigenvalue weighted by molar-refractivity contribution is 7.89. The molecule has 1 saturated heterocycles. The molecule has 1 heterocycles. The number of piperidine rings is 1. The molecule has 1 aliphatic rings. The monoisotopic (exact) mass is 384 g/mol.